The molecule has 0 aromatic carbocycles. The maximum Gasteiger partial charge on any atom is 0.148 e. The van der Waals surface area contributed by atoms with Crippen LogP contribution < -0.4 is 5.32 Å². The van der Waals surface area contributed by atoms with Gasteiger partial charge < -0.3 is 15.0 Å². The van der Waals surface area contributed by atoms with Crippen molar-refractivity contribution in [2.24, 2.45) is 17.8 Å². The van der Waals surface area contributed by atoms with Gasteiger partial charge in [-0.25, -0.2) is 0 Å². The number of nitrogens with zero attached hydrogens (tertiary/aromatic N) is 3. The van der Waals surface area contributed by atoms with Gasteiger partial charge >= 0.3 is 0 Å². The molecular formula is C21H28N4OS. The fraction of sp³-hybridized carbons (Fsp3) is 0.619. The van der Waals surface area contributed by atoms with Crippen molar-refractivity contribution < 1.29 is 4.74 Å². The lowest BCUT2D eigenvalue weighted by molar-refractivity contribution is 0.0545. The smallest absolute Gasteiger partial charge is 0.148 e. The van der Waals surface area contributed by atoms with Gasteiger partial charge in [-0.05, 0) is 67.0 Å². The topological polar surface area (TPSA) is 50.3 Å². The van der Waals surface area contributed by atoms with Crippen molar-refractivity contribution in [1.29, 1.82) is 0 Å². The quantitative estimate of drug-likeness (QED) is 0.851. The summed E-state index contributed by atoms with van der Waals surface area (Å²) in [5.74, 6) is 3.46. The molecule has 5 rings (SSSR count). The molecule has 5 nitrogen and oxygen atoms in total. The number of nitrogens with one attached hydrogen (secondary N) is 1. The van der Waals surface area contributed by atoms with Crippen LogP contribution in [0, 0.1) is 17.8 Å². The lowest BCUT2D eigenvalue weighted by atomic mass is 10.00. The Kier molecular flexibility index (Phi) is 5.12. The summed E-state index contributed by atoms with van der Waals surface area (Å²) >= 11 is 1.70. The molecule has 0 radical (unpaired) electrons. The number of likely N-dealkylation sites (tertiary alicyclic amines) is 1. The zero-order chi connectivity index (χ0) is 18.1. The highest BCUT2D eigenvalue weighted by Crippen LogP contribution is 2.39. The zero-order valence-electron chi connectivity index (χ0n) is 15.7. The first kappa shape index (κ1) is 17.6. The number of hydrogen-bond acceptors (Lipinski definition) is 6. The number of aromatic nitrogens is 2. The third-order valence-corrected chi connectivity index (χ3v) is 7.37. The highest BCUT2D eigenvalue weighted by Gasteiger charge is 2.41. The molecule has 2 aromatic rings. The molecule has 0 spiro atoms. The average molecular weight is 385 g/mol. The van der Waals surface area contributed by atoms with E-state index in [-0.39, 0.29) is 0 Å². The molecule has 3 fully saturated rings. The van der Waals surface area contributed by atoms with Gasteiger partial charge in [0.15, 0.2) is 0 Å². The van der Waals surface area contributed by atoms with Crippen LogP contribution in [0.2, 0.25) is 0 Å². The molecule has 4 heterocycles. The molecule has 1 saturated carbocycles. The molecule has 1 aliphatic carbocycles. The minimum absolute atomic E-state index is 0.548. The molecule has 2 saturated heterocycles. The lowest BCUT2D eigenvalue weighted by Crippen LogP contribution is -2.32. The Morgan fingerprint density at radius 1 is 1.07 bits per heavy atom. The third kappa shape index (κ3) is 4.03. The monoisotopic (exact) mass is 384 g/mol. The van der Waals surface area contributed by atoms with E-state index in [2.05, 4.69) is 50.1 Å². The molecule has 144 valence electrons. The standard InChI is InChI=1S/C21H28N4OS/c1-2-20(27-9-1)19-3-4-21(24-23-19)22-18-10-16-13-25(14-17(16)11-18)12-15-5-7-26-8-6-15/h1-4,9,15-18H,5-8,10-14H2,(H,22,24)/t16-,17+,18?. The van der Waals surface area contributed by atoms with Gasteiger partial charge in [-0.3, -0.25) is 0 Å². The molecule has 2 aliphatic heterocycles. The molecule has 0 bridgehead atoms. The fourth-order valence-electron chi connectivity index (χ4n) is 5.13. The van der Waals surface area contributed by atoms with Gasteiger partial charge in [-0.2, -0.15) is 0 Å². The van der Waals surface area contributed by atoms with Gasteiger partial charge in [0.05, 0.1) is 4.88 Å². The van der Waals surface area contributed by atoms with Crippen LogP contribution in [0.3, 0.4) is 0 Å². The summed E-state index contributed by atoms with van der Waals surface area (Å²) in [6, 6.07) is 8.84. The van der Waals surface area contributed by atoms with Crippen LogP contribution in [0.1, 0.15) is 25.7 Å². The van der Waals surface area contributed by atoms with Crippen molar-refractivity contribution in [3.63, 3.8) is 0 Å². The molecule has 3 aliphatic rings. The van der Waals surface area contributed by atoms with Crippen LogP contribution in [-0.2, 0) is 4.74 Å². The molecule has 2 aromatic heterocycles. The van der Waals surface area contributed by atoms with Gasteiger partial charge in [0.1, 0.15) is 11.5 Å². The van der Waals surface area contributed by atoms with Gasteiger partial charge in [-0.15, -0.1) is 21.5 Å². The number of fused-ring (bicyclic) bond motifs is 1. The second-order valence-corrected chi connectivity index (χ2v) is 9.34. The Labute approximate surface area is 165 Å². The highest BCUT2D eigenvalue weighted by atomic mass is 32.1. The number of anilines is 1. The first-order chi connectivity index (χ1) is 13.3. The van der Waals surface area contributed by atoms with E-state index in [1.165, 1.54) is 50.2 Å². The summed E-state index contributed by atoms with van der Waals surface area (Å²) in [4.78, 5) is 3.89. The van der Waals surface area contributed by atoms with Crippen LogP contribution in [0.5, 0.6) is 0 Å². The first-order valence-electron chi connectivity index (χ1n) is 10.3. The maximum absolute atomic E-state index is 5.50. The summed E-state index contributed by atoms with van der Waals surface area (Å²) in [7, 11) is 0. The SMILES string of the molecule is c1csc(-c2ccc(NC3C[C@@H]4CN(CC5CCOCC5)C[C@@H]4C3)nn2)c1. The van der Waals surface area contributed by atoms with E-state index >= 15 is 0 Å². The summed E-state index contributed by atoms with van der Waals surface area (Å²) in [6.45, 7) is 5.77. The van der Waals surface area contributed by atoms with Crippen LogP contribution in [0.15, 0.2) is 29.6 Å². The van der Waals surface area contributed by atoms with E-state index in [0.717, 1.165) is 42.5 Å². The Hall–Kier alpha value is -1.50. The average Bonchev–Trinajstić information content (AvgIpc) is 3.40. The van der Waals surface area contributed by atoms with Crippen molar-refractivity contribution in [3.05, 3.63) is 29.6 Å². The van der Waals surface area contributed by atoms with Gasteiger partial charge in [0, 0.05) is 38.9 Å². The predicted molar refractivity (Wildman–Crippen MR) is 109 cm³/mol. The molecule has 27 heavy (non-hydrogen) atoms. The van der Waals surface area contributed by atoms with Crippen LogP contribution in [-0.4, -0.2) is 54.0 Å². The minimum Gasteiger partial charge on any atom is -0.381 e. The molecule has 6 heteroatoms. The Morgan fingerprint density at radius 2 is 1.89 bits per heavy atom. The molecule has 1 N–H and O–H groups in total. The summed E-state index contributed by atoms with van der Waals surface area (Å²) in [5.41, 5.74) is 0.961. The zero-order valence-corrected chi connectivity index (χ0v) is 16.5. The van der Waals surface area contributed by atoms with Gasteiger partial charge in [0.2, 0.25) is 0 Å². The Balaban J connectivity index is 1.12. The predicted octanol–water partition coefficient (Wildman–Crippen LogP) is 3.75. The van der Waals surface area contributed by atoms with Gasteiger partial charge in [0.25, 0.3) is 0 Å². The largest absolute Gasteiger partial charge is 0.381 e. The first-order valence-corrected chi connectivity index (χ1v) is 11.2. The van der Waals surface area contributed by atoms with Crippen molar-refractivity contribution >= 4 is 17.2 Å². The second kappa shape index (κ2) is 7.86. The Bertz CT molecular complexity index is 715. The van der Waals surface area contributed by atoms with Crippen molar-refractivity contribution in [2.45, 2.75) is 31.7 Å². The Morgan fingerprint density at radius 3 is 2.56 bits per heavy atom. The van der Waals surface area contributed by atoms with E-state index in [4.69, 9.17) is 4.74 Å². The minimum atomic E-state index is 0.548. The molecule has 1 unspecified atom stereocenters. The maximum atomic E-state index is 5.50. The lowest BCUT2D eigenvalue weighted by Gasteiger charge is -2.27. The fourth-order valence-corrected chi connectivity index (χ4v) is 5.82. The number of rotatable bonds is 5. The number of thiophene rings is 1. The van der Waals surface area contributed by atoms with Crippen LogP contribution in [0.4, 0.5) is 5.82 Å². The van der Waals surface area contributed by atoms with Crippen molar-refractivity contribution in [1.82, 2.24) is 15.1 Å². The summed E-state index contributed by atoms with van der Waals surface area (Å²) < 4.78 is 5.50. The van der Waals surface area contributed by atoms with Crippen LogP contribution >= 0.6 is 11.3 Å². The van der Waals surface area contributed by atoms with E-state index in [0.29, 0.717) is 6.04 Å². The summed E-state index contributed by atoms with van der Waals surface area (Å²) in [5, 5.41) is 14.5. The normalized spacial score (nSPS) is 29.1. The highest BCUT2D eigenvalue weighted by molar-refractivity contribution is 7.13. The van der Waals surface area contributed by atoms with E-state index < -0.39 is 0 Å². The van der Waals surface area contributed by atoms with Crippen molar-refractivity contribution in [2.75, 3.05) is 38.2 Å². The number of ether oxygens (including phenoxy) is 1. The summed E-state index contributed by atoms with van der Waals surface area (Å²) in [6.07, 6.45) is 5.03. The third-order valence-electron chi connectivity index (χ3n) is 6.47. The van der Waals surface area contributed by atoms with E-state index in [1.807, 2.05) is 0 Å². The molecular weight excluding hydrogens is 356 g/mol. The van der Waals surface area contributed by atoms with Gasteiger partial charge in [-0.1, -0.05) is 6.07 Å². The van der Waals surface area contributed by atoms with Crippen molar-refractivity contribution in [3.8, 4) is 10.6 Å². The van der Waals surface area contributed by atoms with E-state index in [9.17, 15) is 0 Å². The molecule has 3 atom stereocenters. The molecule has 0 amide bonds. The van der Waals surface area contributed by atoms with Crippen LogP contribution in [0.25, 0.3) is 10.6 Å². The number of hydrogen-bond donors (Lipinski definition) is 1. The van der Waals surface area contributed by atoms with E-state index in [1.54, 1.807) is 11.3 Å². The second-order valence-electron chi connectivity index (χ2n) is 8.39.